The summed E-state index contributed by atoms with van der Waals surface area (Å²) in [6.45, 7) is 12.7. The molecule has 0 fully saturated rings. The molecule has 2 heterocycles. The van der Waals surface area contributed by atoms with E-state index in [-0.39, 0.29) is 12.5 Å². The van der Waals surface area contributed by atoms with E-state index in [1.165, 1.54) is 6.42 Å². The molecule has 0 aliphatic carbocycles. The van der Waals surface area contributed by atoms with E-state index in [0.29, 0.717) is 19.8 Å². The van der Waals surface area contributed by atoms with Gasteiger partial charge < -0.3 is 24.7 Å². The fraction of sp³-hybridized carbons (Fsp3) is 0.462. The lowest BCUT2D eigenvalue weighted by atomic mass is 10.2. The molecule has 7 heteroatoms. The minimum absolute atomic E-state index is 0.0542. The Labute approximate surface area is 198 Å². The first-order valence-corrected chi connectivity index (χ1v) is 11.7. The number of aryl methyl sites for hydroxylation is 1. The average molecular weight is 457 g/mol. The number of hydrogen-bond donors (Lipinski definition) is 2. The summed E-state index contributed by atoms with van der Waals surface area (Å²) < 4.78 is 13.3. The number of aromatic nitrogens is 2. The molecular weight excluding hydrogens is 416 g/mol. The van der Waals surface area contributed by atoms with Crippen LogP contribution in [0.2, 0.25) is 0 Å². The van der Waals surface area contributed by atoms with Gasteiger partial charge in [-0.3, -0.25) is 9.78 Å². The van der Waals surface area contributed by atoms with E-state index in [1.54, 1.807) is 6.20 Å². The molecule has 33 heavy (non-hydrogen) atoms. The van der Waals surface area contributed by atoms with E-state index in [2.05, 4.69) is 29.5 Å². The van der Waals surface area contributed by atoms with Crippen LogP contribution >= 0.6 is 0 Å². The fourth-order valence-electron chi connectivity index (χ4n) is 2.94. The van der Waals surface area contributed by atoms with Gasteiger partial charge in [-0.05, 0) is 37.7 Å². The molecule has 0 aliphatic heterocycles. The van der Waals surface area contributed by atoms with Gasteiger partial charge in [0.25, 0.3) is 0 Å². The Kier molecular flexibility index (Phi) is 14.0. The Morgan fingerprint density at radius 2 is 1.70 bits per heavy atom. The van der Waals surface area contributed by atoms with Crippen LogP contribution in [0.25, 0.3) is 10.9 Å². The second-order valence-electron chi connectivity index (χ2n) is 7.17. The molecule has 0 saturated carbocycles. The van der Waals surface area contributed by atoms with Crippen molar-refractivity contribution in [1.29, 1.82) is 0 Å². The highest BCUT2D eigenvalue weighted by molar-refractivity contribution is 5.85. The number of pyridine rings is 1. The van der Waals surface area contributed by atoms with E-state index in [0.717, 1.165) is 34.5 Å². The molecule has 0 bridgehead atoms. The van der Waals surface area contributed by atoms with Gasteiger partial charge in [0.15, 0.2) is 0 Å². The highest BCUT2D eigenvalue weighted by Crippen LogP contribution is 2.20. The van der Waals surface area contributed by atoms with Crippen molar-refractivity contribution < 1.29 is 14.3 Å². The Morgan fingerprint density at radius 3 is 2.33 bits per heavy atom. The first kappa shape index (κ1) is 28.0. The lowest BCUT2D eigenvalue weighted by molar-refractivity contribution is -0.121. The minimum Gasteiger partial charge on any atom is -0.492 e. The van der Waals surface area contributed by atoms with Crippen LogP contribution in [0.5, 0.6) is 11.5 Å². The van der Waals surface area contributed by atoms with Crippen LogP contribution in [-0.4, -0.2) is 48.8 Å². The van der Waals surface area contributed by atoms with Crippen LogP contribution < -0.4 is 20.1 Å². The molecule has 182 valence electrons. The largest absolute Gasteiger partial charge is 0.492 e. The first-order chi connectivity index (χ1) is 16.1. The number of likely N-dealkylation sites (N-methyl/N-ethyl adjacent to an activating group) is 1. The van der Waals surface area contributed by atoms with Crippen LogP contribution in [0.15, 0.2) is 48.9 Å². The van der Waals surface area contributed by atoms with Crippen molar-refractivity contribution in [3.8, 4) is 11.5 Å². The zero-order valence-electron chi connectivity index (χ0n) is 21.0. The molecule has 0 atom stereocenters. The summed E-state index contributed by atoms with van der Waals surface area (Å²) >= 11 is 0. The zero-order chi connectivity index (χ0) is 24.5. The second kappa shape index (κ2) is 16.6. The standard InChI is InChI=1S/C21H26N4O3.C3H8.C2H6/c1-16-14-25(20-6-7-23-13-19(16)20)15-21(26)24-9-11-28-18-5-3-4-17(12-18)27-10-8-22-2;1-3-2;1-2/h3-7,12-14,22H,8-11,15H2,1-2H3,(H,24,26);3H2,1-2H3;1-2H3. The van der Waals surface area contributed by atoms with Crippen molar-refractivity contribution in [2.75, 3.05) is 33.4 Å². The summed E-state index contributed by atoms with van der Waals surface area (Å²) in [6, 6.07) is 9.42. The molecule has 1 aromatic carbocycles. The number of rotatable bonds is 10. The van der Waals surface area contributed by atoms with Crippen molar-refractivity contribution in [3.63, 3.8) is 0 Å². The van der Waals surface area contributed by atoms with Crippen LogP contribution in [-0.2, 0) is 11.3 Å². The maximum atomic E-state index is 12.2. The lowest BCUT2D eigenvalue weighted by Crippen LogP contribution is -2.31. The molecule has 0 saturated heterocycles. The van der Waals surface area contributed by atoms with E-state index in [4.69, 9.17) is 9.47 Å². The van der Waals surface area contributed by atoms with E-state index in [9.17, 15) is 4.79 Å². The number of amides is 1. The quantitative estimate of drug-likeness (QED) is 0.437. The van der Waals surface area contributed by atoms with Crippen molar-refractivity contribution >= 4 is 16.8 Å². The predicted molar refractivity (Wildman–Crippen MR) is 136 cm³/mol. The predicted octanol–water partition coefficient (Wildman–Crippen LogP) is 4.58. The molecule has 7 nitrogen and oxygen atoms in total. The number of hydrogen-bond acceptors (Lipinski definition) is 5. The molecule has 0 spiro atoms. The van der Waals surface area contributed by atoms with Crippen LogP contribution in [0.1, 0.15) is 39.7 Å². The monoisotopic (exact) mass is 456 g/mol. The third-order valence-corrected chi connectivity index (χ3v) is 4.32. The smallest absolute Gasteiger partial charge is 0.240 e. The molecule has 3 aromatic rings. The second-order valence-corrected chi connectivity index (χ2v) is 7.17. The summed E-state index contributed by atoms with van der Waals surface area (Å²) in [6.07, 6.45) is 6.78. The zero-order valence-corrected chi connectivity index (χ0v) is 21.0. The number of nitrogens with zero attached hydrogens (tertiary/aromatic N) is 2. The van der Waals surface area contributed by atoms with Gasteiger partial charge in [-0.15, -0.1) is 0 Å². The average Bonchev–Trinajstić information content (AvgIpc) is 3.14. The van der Waals surface area contributed by atoms with Crippen LogP contribution in [0.4, 0.5) is 0 Å². The Hall–Kier alpha value is -3.06. The third kappa shape index (κ3) is 9.95. The van der Waals surface area contributed by atoms with Crippen molar-refractivity contribution in [3.05, 3.63) is 54.5 Å². The minimum atomic E-state index is -0.0542. The van der Waals surface area contributed by atoms with Gasteiger partial charge in [0.1, 0.15) is 31.3 Å². The third-order valence-electron chi connectivity index (χ3n) is 4.32. The lowest BCUT2D eigenvalue weighted by Gasteiger charge is -2.10. The maximum Gasteiger partial charge on any atom is 0.240 e. The van der Waals surface area contributed by atoms with Crippen molar-refractivity contribution in [2.45, 2.75) is 47.6 Å². The number of benzene rings is 1. The van der Waals surface area contributed by atoms with Gasteiger partial charge >= 0.3 is 0 Å². The fourth-order valence-corrected chi connectivity index (χ4v) is 2.94. The summed E-state index contributed by atoms with van der Waals surface area (Å²) in [4.78, 5) is 16.4. The number of carbonyl (C=O) groups excluding carboxylic acids is 1. The number of nitrogens with one attached hydrogen (secondary N) is 2. The number of ether oxygens (including phenoxy) is 2. The highest BCUT2D eigenvalue weighted by atomic mass is 16.5. The van der Waals surface area contributed by atoms with Crippen molar-refractivity contribution in [1.82, 2.24) is 20.2 Å². The molecule has 0 radical (unpaired) electrons. The Balaban J connectivity index is 0.00000101. The van der Waals surface area contributed by atoms with Crippen LogP contribution in [0, 0.1) is 6.92 Å². The van der Waals surface area contributed by atoms with Crippen molar-refractivity contribution in [2.24, 2.45) is 0 Å². The van der Waals surface area contributed by atoms with Gasteiger partial charge in [0.2, 0.25) is 5.91 Å². The number of fused-ring (bicyclic) bond motifs is 1. The topological polar surface area (TPSA) is 77.4 Å². The molecule has 2 N–H and O–H groups in total. The Bertz CT molecular complexity index is 940. The first-order valence-electron chi connectivity index (χ1n) is 11.7. The van der Waals surface area contributed by atoms with E-state index in [1.807, 2.05) is 75.1 Å². The van der Waals surface area contributed by atoms with Gasteiger partial charge in [0.05, 0.1) is 12.1 Å². The Morgan fingerprint density at radius 1 is 1.06 bits per heavy atom. The molecule has 3 rings (SSSR count). The summed E-state index contributed by atoms with van der Waals surface area (Å²) in [5.41, 5.74) is 2.12. The van der Waals surface area contributed by atoms with Gasteiger partial charge in [-0.2, -0.15) is 0 Å². The van der Waals surface area contributed by atoms with Gasteiger partial charge in [0, 0.05) is 36.6 Å². The van der Waals surface area contributed by atoms with Gasteiger partial charge in [-0.1, -0.05) is 40.2 Å². The van der Waals surface area contributed by atoms with Gasteiger partial charge in [-0.25, -0.2) is 0 Å². The van der Waals surface area contributed by atoms with E-state index >= 15 is 0 Å². The summed E-state index contributed by atoms with van der Waals surface area (Å²) in [7, 11) is 1.88. The number of carbonyl (C=O) groups is 1. The molecular formula is C26H40N4O3. The van der Waals surface area contributed by atoms with E-state index < -0.39 is 0 Å². The molecule has 0 unspecified atom stereocenters. The highest BCUT2D eigenvalue weighted by Gasteiger charge is 2.08. The maximum absolute atomic E-state index is 12.2. The summed E-state index contributed by atoms with van der Waals surface area (Å²) in [5.74, 6) is 1.43. The molecule has 1 amide bonds. The molecule has 2 aromatic heterocycles. The van der Waals surface area contributed by atoms with Crippen LogP contribution in [0.3, 0.4) is 0 Å². The summed E-state index contributed by atoms with van der Waals surface area (Å²) in [5, 5.41) is 6.99. The normalized spacial score (nSPS) is 9.88. The SMILES string of the molecule is CC.CCC.CNCCOc1cccc(OCCNC(=O)Cn2cc(C)c3cnccc32)c1. The molecule has 0 aliphatic rings.